The molecule has 1 aliphatic heterocycles. The Morgan fingerprint density at radius 3 is 2.83 bits per heavy atom. The minimum absolute atomic E-state index is 0.234. The second-order valence-corrected chi connectivity index (χ2v) is 4.58. The van der Waals surface area contributed by atoms with Gasteiger partial charge in [0.05, 0.1) is 13.1 Å². The van der Waals surface area contributed by atoms with Crippen molar-refractivity contribution in [3.05, 3.63) is 11.7 Å². The van der Waals surface area contributed by atoms with Crippen molar-refractivity contribution < 1.29 is 9.32 Å². The maximum absolute atomic E-state index is 11.1. The lowest BCUT2D eigenvalue weighted by molar-refractivity contribution is -0.120. The van der Waals surface area contributed by atoms with Gasteiger partial charge in [-0.2, -0.15) is 4.98 Å². The van der Waals surface area contributed by atoms with E-state index >= 15 is 0 Å². The minimum Gasteiger partial charge on any atom is -0.369 e. The maximum atomic E-state index is 11.1. The predicted octanol–water partition coefficient (Wildman–Crippen LogP) is -0.583. The first kappa shape index (κ1) is 13.0. The van der Waals surface area contributed by atoms with E-state index in [1.165, 1.54) is 0 Å². The van der Waals surface area contributed by atoms with Crippen molar-refractivity contribution in [1.82, 2.24) is 20.4 Å². The average Bonchev–Trinajstić information content (AvgIpc) is 2.75. The Kier molecular flexibility index (Phi) is 4.27. The summed E-state index contributed by atoms with van der Waals surface area (Å²) in [5.41, 5.74) is 5.30. The fourth-order valence-corrected chi connectivity index (χ4v) is 2.27. The molecule has 1 amide bonds. The Bertz CT molecular complexity index is 400. The molecule has 2 rings (SSSR count). The van der Waals surface area contributed by atoms with Gasteiger partial charge in [-0.15, -0.1) is 0 Å². The van der Waals surface area contributed by atoms with Crippen molar-refractivity contribution in [3.63, 3.8) is 0 Å². The Morgan fingerprint density at radius 1 is 1.56 bits per heavy atom. The topological polar surface area (TPSA) is 97.3 Å². The molecular weight excluding hydrogens is 234 g/mol. The predicted molar refractivity (Wildman–Crippen MR) is 64.5 cm³/mol. The van der Waals surface area contributed by atoms with Crippen LogP contribution in [-0.2, 0) is 11.3 Å². The summed E-state index contributed by atoms with van der Waals surface area (Å²) in [6, 6.07) is 0.345. The van der Waals surface area contributed by atoms with Gasteiger partial charge in [-0.1, -0.05) is 5.16 Å². The first-order valence-corrected chi connectivity index (χ1v) is 6.17. The molecule has 0 radical (unpaired) electrons. The first-order valence-electron chi connectivity index (χ1n) is 6.17. The van der Waals surface area contributed by atoms with Crippen LogP contribution in [0.15, 0.2) is 4.52 Å². The van der Waals surface area contributed by atoms with Gasteiger partial charge in [0.15, 0.2) is 5.82 Å². The third kappa shape index (κ3) is 3.51. The molecule has 2 heterocycles. The summed E-state index contributed by atoms with van der Waals surface area (Å²) < 4.78 is 4.94. The lowest BCUT2D eigenvalue weighted by atomic mass is 10.0. The van der Waals surface area contributed by atoms with Crippen LogP contribution >= 0.6 is 0 Å². The number of carbonyl (C=O) groups is 1. The van der Waals surface area contributed by atoms with Gasteiger partial charge in [0.1, 0.15) is 0 Å². The number of nitrogens with two attached hydrogens (primary N) is 1. The molecule has 0 spiro atoms. The summed E-state index contributed by atoms with van der Waals surface area (Å²) in [4.78, 5) is 17.3. The molecule has 1 fully saturated rings. The summed E-state index contributed by atoms with van der Waals surface area (Å²) in [6.45, 7) is 4.42. The highest BCUT2D eigenvalue weighted by atomic mass is 16.5. The fraction of sp³-hybridized carbons (Fsp3) is 0.727. The van der Waals surface area contributed by atoms with Crippen molar-refractivity contribution in [1.29, 1.82) is 0 Å². The van der Waals surface area contributed by atoms with E-state index in [2.05, 4.69) is 15.5 Å². The Labute approximate surface area is 106 Å². The van der Waals surface area contributed by atoms with Crippen LogP contribution in [0, 0.1) is 6.92 Å². The van der Waals surface area contributed by atoms with E-state index in [0.717, 1.165) is 25.9 Å². The minimum atomic E-state index is -0.325. The average molecular weight is 253 g/mol. The molecular formula is C11H19N5O2. The maximum Gasteiger partial charge on any atom is 0.231 e. The summed E-state index contributed by atoms with van der Waals surface area (Å²) in [7, 11) is 0. The summed E-state index contributed by atoms with van der Waals surface area (Å²) in [5, 5.41) is 7.16. The number of piperidine rings is 1. The van der Waals surface area contributed by atoms with Crippen LogP contribution in [0.2, 0.25) is 0 Å². The molecule has 0 atom stereocenters. The molecule has 7 heteroatoms. The van der Waals surface area contributed by atoms with Crippen molar-refractivity contribution in [2.24, 2.45) is 5.73 Å². The molecule has 100 valence electrons. The van der Waals surface area contributed by atoms with Crippen LogP contribution in [0.1, 0.15) is 24.6 Å². The Hall–Kier alpha value is -1.47. The lowest BCUT2D eigenvalue weighted by Gasteiger charge is -2.32. The number of hydrogen-bond acceptors (Lipinski definition) is 6. The Balaban J connectivity index is 2.01. The normalized spacial score (nSPS) is 17.2. The number of carbonyl (C=O) groups excluding carboxylic acids is 1. The van der Waals surface area contributed by atoms with Crippen LogP contribution in [0.5, 0.6) is 0 Å². The summed E-state index contributed by atoms with van der Waals surface area (Å²) in [6.07, 6.45) is 2.01. The van der Waals surface area contributed by atoms with E-state index in [0.29, 0.717) is 24.3 Å². The van der Waals surface area contributed by atoms with E-state index in [4.69, 9.17) is 10.3 Å². The summed E-state index contributed by atoms with van der Waals surface area (Å²) >= 11 is 0. The van der Waals surface area contributed by atoms with Crippen molar-refractivity contribution in [2.45, 2.75) is 32.4 Å². The highest BCUT2D eigenvalue weighted by Gasteiger charge is 2.23. The van der Waals surface area contributed by atoms with E-state index in [-0.39, 0.29) is 12.5 Å². The van der Waals surface area contributed by atoms with E-state index < -0.39 is 0 Å². The molecule has 1 aromatic heterocycles. The zero-order valence-corrected chi connectivity index (χ0v) is 10.6. The standard InChI is InChI=1S/C11H19N5O2/c1-8-14-11(15-18-8)7-16(6-10(12)17)9-2-4-13-5-3-9/h9,13H,2-7H2,1H3,(H2,12,17). The molecule has 0 unspecified atom stereocenters. The number of nitrogens with one attached hydrogen (secondary N) is 1. The fourth-order valence-electron chi connectivity index (χ4n) is 2.27. The van der Waals surface area contributed by atoms with E-state index in [1.807, 2.05) is 4.90 Å². The van der Waals surface area contributed by atoms with Gasteiger partial charge < -0.3 is 15.6 Å². The molecule has 0 bridgehead atoms. The lowest BCUT2D eigenvalue weighted by Crippen LogP contribution is -2.46. The molecule has 3 N–H and O–H groups in total. The summed E-state index contributed by atoms with van der Waals surface area (Å²) in [5.74, 6) is 0.815. The highest BCUT2D eigenvalue weighted by Crippen LogP contribution is 2.14. The second kappa shape index (κ2) is 5.92. The van der Waals surface area contributed by atoms with Crippen LogP contribution in [0.25, 0.3) is 0 Å². The first-order chi connectivity index (χ1) is 8.65. The Morgan fingerprint density at radius 2 is 2.28 bits per heavy atom. The molecule has 1 aliphatic rings. The molecule has 0 aromatic carbocycles. The van der Waals surface area contributed by atoms with Gasteiger partial charge in [0.25, 0.3) is 0 Å². The zero-order valence-electron chi connectivity index (χ0n) is 10.6. The molecule has 18 heavy (non-hydrogen) atoms. The van der Waals surface area contributed by atoms with Crippen LogP contribution in [0.4, 0.5) is 0 Å². The number of aryl methyl sites for hydroxylation is 1. The molecule has 1 saturated heterocycles. The van der Waals surface area contributed by atoms with Crippen LogP contribution in [0.3, 0.4) is 0 Å². The van der Waals surface area contributed by atoms with Crippen molar-refractivity contribution >= 4 is 5.91 Å². The van der Waals surface area contributed by atoms with Gasteiger partial charge in [-0.25, -0.2) is 0 Å². The van der Waals surface area contributed by atoms with Gasteiger partial charge in [-0.3, -0.25) is 9.69 Å². The quantitative estimate of drug-likeness (QED) is 0.728. The van der Waals surface area contributed by atoms with Gasteiger partial charge in [0.2, 0.25) is 11.8 Å². The number of rotatable bonds is 5. The SMILES string of the molecule is Cc1nc(CN(CC(N)=O)C2CCNCC2)no1. The third-order valence-electron chi connectivity index (χ3n) is 3.10. The van der Waals surface area contributed by atoms with Crippen molar-refractivity contribution in [3.8, 4) is 0 Å². The molecule has 0 saturated carbocycles. The van der Waals surface area contributed by atoms with Gasteiger partial charge in [-0.05, 0) is 25.9 Å². The van der Waals surface area contributed by atoms with Crippen LogP contribution < -0.4 is 11.1 Å². The number of nitrogens with zero attached hydrogens (tertiary/aromatic N) is 3. The smallest absolute Gasteiger partial charge is 0.231 e. The van der Waals surface area contributed by atoms with Crippen molar-refractivity contribution in [2.75, 3.05) is 19.6 Å². The second-order valence-electron chi connectivity index (χ2n) is 4.58. The van der Waals surface area contributed by atoms with Crippen LogP contribution in [-0.4, -0.2) is 46.6 Å². The van der Waals surface area contributed by atoms with Gasteiger partial charge in [0, 0.05) is 13.0 Å². The number of hydrogen-bond donors (Lipinski definition) is 2. The molecule has 7 nitrogen and oxygen atoms in total. The van der Waals surface area contributed by atoms with E-state index in [9.17, 15) is 4.79 Å². The monoisotopic (exact) mass is 253 g/mol. The number of primary amides is 1. The third-order valence-corrected chi connectivity index (χ3v) is 3.10. The molecule has 1 aromatic rings. The van der Waals surface area contributed by atoms with E-state index in [1.54, 1.807) is 6.92 Å². The largest absolute Gasteiger partial charge is 0.369 e. The van der Waals surface area contributed by atoms with Gasteiger partial charge >= 0.3 is 0 Å². The zero-order chi connectivity index (χ0) is 13.0. The highest BCUT2D eigenvalue weighted by molar-refractivity contribution is 5.75. The number of aromatic nitrogens is 2. The number of amides is 1. The molecule has 0 aliphatic carbocycles.